The summed E-state index contributed by atoms with van der Waals surface area (Å²) in [6, 6.07) is 0. The first-order valence-electron chi connectivity index (χ1n) is 4.93. The summed E-state index contributed by atoms with van der Waals surface area (Å²) in [6.45, 7) is 4.56. The zero-order valence-corrected chi connectivity index (χ0v) is 7.55. The Morgan fingerprint density at radius 1 is 1.18 bits per heavy atom. The highest BCUT2D eigenvalue weighted by Crippen LogP contribution is 2.41. The Morgan fingerprint density at radius 3 is 2.36 bits per heavy atom. The molecule has 0 spiro atoms. The summed E-state index contributed by atoms with van der Waals surface area (Å²) in [6.07, 6.45) is 6.62. The molecule has 0 amide bonds. The van der Waals surface area contributed by atoms with Crippen LogP contribution in [0.15, 0.2) is 0 Å². The standard InChI is InChI=1S/C10H18O/c1-7-3-6-10(11-7)8(2)9-4-5-9/h7-10H,3-6H2,1-2H3. The van der Waals surface area contributed by atoms with E-state index in [2.05, 4.69) is 13.8 Å². The lowest BCUT2D eigenvalue weighted by atomic mass is 9.97. The lowest BCUT2D eigenvalue weighted by Gasteiger charge is -2.18. The third kappa shape index (κ3) is 1.58. The van der Waals surface area contributed by atoms with Gasteiger partial charge in [0, 0.05) is 0 Å². The minimum Gasteiger partial charge on any atom is -0.375 e. The van der Waals surface area contributed by atoms with Crippen LogP contribution in [-0.2, 0) is 4.74 Å². The van der Waals surface area contributed by atoms with E-state index in [1.54, 1.807) is 0 Å². The summed E-state index contributed by atoms with van der Waals surface area (Å²) in [5, 5.41) is 0. The maximum atomic E-state index is 5.82. The van der Waals surface area contributed by atoms with Crippen LogP contribution in [0.1, 0.15) is 39.5 Å². The zero-order chi connectivity index (χ0) is 7.84. The van der Waals surface area contributed by atoms with Crippen molar-refractivity contribution in [2.24, 2.45) is 11.8 Å². The van der Waals surface area contributed by atoms with Crippen LogP contribution in [0.3, 0.4) is 0 Å². The fourth-order valence-electron chi connectivity index (χ4n) is 2.15. The third-order valence-electron chi connectivity index (χ3n) is 3.22. The van der Waals surface area contributed by atoms with Crippen molar-refractivity contribution in [2.45, 2.75) is 51.7 Å². The normalized spacial score (nSPS) is 40.9. The average molecular weight is 154 g/mol. The number of hydrogen-bond donors (Lipinski definition) is 0. The summed E-state index contributed by atoms with van der Waals surface area (Å²) >= 11 is 0. The van der Waals surface area contributed by atoms with Gasteiger partial charge in [-0.2, -0.15) is 0 Å². The van der Waals surface area contributed by atoms with E-state index in [1.807, 2.05) is 0 Å². The molecule has 0 radical (unpaired) electrons. The molecule has 3 atom stereocenters. The molecule has 1 aliphatic carbocycles. The molecule has 2 aliphatic rings. The highest BCUT2D eigenvalue weighted by molar-refractivity contribution is 4.86. The maximum Gasteiger partial charge on any atom is 0.0607 e. The van der Waals surface area contributed by atoms with Crippen LogP contribution in [0.2, 0.25) is 0 Å². The Morgan fingerprint density at radius 2 is 1.91 bits per heavy atom. The molecule has 11 heavy (non-hydrogen) atoms. The van der Waals surface area contributed by atoms with Crippen LogP contribution < -0.4 is 0 Å². The largest absolute Gasteiger partial charge is 0.375 e. The topological polar surface area (TPSA) is 9.23 Å². The SMILES string of the molecule is CC1CCC(C(C)C2CC2)O1. The number of ether oxygens (including phenoxy) is 1. The first-order valence-corrected chi connectivity index (χ1v) is 4.93. The van der Waals surface area contributed by atoms with Gasteiger partial charge in [0.15, 0.2) is 0 Å². The summed E-state index contributed by atoms with van der Waals surface area (Å²) < 4.78 is 5.82. The van der Waals surface area contributed by atoms with Crippen molar-refractivity contribution >= 4 is 0 Å². The van der Waals surface area contributed by atoms with Crippen molar-refractivity contribution in [2.75, 3.05) is 0 Å². The Hall–Kier alpha value is -0.0400. The molecule has 0 aromatic heterocycles. The summed E-state index contributed by atoms with van der Waals surface area (Å²) in [7, 11) is 0. The molecule has 2 fully saturated rings. The van der Waals surface area contributed by atoms with E-state index < -0.39 is 0 Å². The molecule has 0 bridgehead atoms. The Balaban J connectivity index is 1.84. The Kier molecular flexibility index (Phi) is 1.92. The van der Waals surface area contributed by atoms with Crippen LogP contribution in [0.5, 0.6) is 0 Å². The quantitative estimate of drug-likeness (QED) is 0.594. The zero-order valence-electron chi connectivity index (χ0n) is 7.55. The van der Waals surface area contributed by atoms with E-state index in [4.69, 9.17) is 4.74 Å². The lowest BCUT2D eigenvalue weighted by molar-refractivity contribution is 0.0182. The van der Waals surface area contributed by atoms with Gasteiger partial charge in [-0.3, -0.25) is 0 Å². The predicted octanol–water partition coefficient (Wildman–Crippen LogP) is 2.60. The molecular weight excluding hydrogens is 136 g/mol. The van der Waals surface area contributed by atoms with Crippen LogP contribution in [-0.4, -0.2) is 12.2 Å². The number of hydrogen-bond acceptors (Lipinski definition) is 1. The van der Waals surface area contributed by atoms with Gasteiger partial charge in [0.1, 0.15) is 0 Å². The molecule has 1 heteroatoms. The van der Waals surface area contributed by atoms with Crippen LogP contribution in [0.25, 0.3) is 0 Å². The van der Waals surface area contributed by atoms with Crippen molar-refractivity contribution < 1.29 is 4.74 Å². The second-order valence-corrected chi connectivity index (χ2v) is 4.26. The van der Waals surface area contributed by atoms with Crippen molar-refractivity contribution in [3.8, 4) is 0 Å². The fraction of sp³-hybridized carbons (Fsp3) is 1.00. The molecule has 1 saturated carbocycles. The lowest BCUT2D eigenvalue weighted by Crippen LogP contribution is -2.19. The minimum atomic E-state index is 0.529. The summed E-state index contributed by atoms with van der Waals surface area (Å²) in [5.41, 5.74) is 0. The van der Waals surface area contributed by atoms with Crippen LogP contribution >= 0.6 is 0 Å². The fourth-order valence-corrected chi connectivity index (χ4v) is 2.15. The molecule has 1 saturated heterocycles. The Labute approximate surface area is 69.1 Å². The van der Waals surface area contributed by atoms with Crippen molar-refractivity contribution in [3.05, 3.63) is 0 Å². The number of rotatable bonds is 2. The monoisotopic (exact) mass is 154 g/mol. The van der Waals surface area contributed by atoms with Gasteiger partial charge in [-0.1, -0.05) is 6.92 Å². The molecule has 0 aromatic carbocycles. The van der Waals surface area contributed by atoms with Crippen LogP contribution in [0, 0.1) is 11.8 Å². The molecule has 0 aromatic rings. The van der Waals surface area contributed by atoms with Gasteiger partial charge in [-0.25, -0.2) is 0 Å². The first kappa shape index (κ1) is 7.60. The van der Waals surface area contributed by atoms with E-state index in [0.29, 0.717) is 12.2 Å². The highest BCUT2D eigenvalue weighted by Gasteiger charge is 2.36. The summed E-state index contributed by atoms with van der Waals surface area (Å²) in [4.78, 5) is 0. The van der Waals surface area contributed by atoms with Crippen LogP contribution in [0.4, 0.5) is 0 Å². The van der Waals surface area contributed by atoms with Gasteiger partial charge in [0.05, 0.1) is 12.2 Å². The van der Waals surface area contributed by atoms with E-state index in [0.717, 1.165) is 11.8 Å². The van der Waals surface area contributed by atoms with Gasteiger partial charge in [-0.15, -0.1) is 0 Å². The van der Waals surface area contributed by atoms with E-state index in [9.17, 15) is 0 Å². The molecule has 1 heterocycles. The first-order chi connectivity index (χ1) is 5.27. The van der Waals surface area contributed by atoms with Gasteiger partial charge in [0.25, 0.3) is 0 Å². The van der Waals surface area contributed by atoms with Crippen molar-refractivity contribution in [1.82, 2.24) is 0 Å². The van der Waals surface area contributed by atoms with Gasteiger partial charge < -0.3 is 4.74 Å². The van der Waals surface area contributed by atoms with Crippen molar-refractivity contribution in [3.63, 3.8) is 0 Å². The molecule has 0 N–H and O–H groups in total. The second-order valence-electron chi connectivity index (χ2n) is 4.26. The maximum absolute atomic E-state index is 5.82. The third-order valence-corrected chi connectivity index (χ3v) is 3.22. The minimum absolute atomic E-state index is 0.529. The van der Waals surface area contributed by atoms with E-state index in [-0.39, 0.29) is 0 Å². The summed E-state index contributed by atoms with van der Waals surface area (Å²) in [5.74, 6) is 1.84. The second kappa shape index (κ2) is 2.78. The van der Waals surface area contributed by atoms with E-state index in [1.165, 1.54) is 25.7 Å². The van der Waals surface area contributed by atoms with Gasteiger partial charge in [-0.05, 0) is 44.4 Å². The smallest absolute Gasteiger partial charge is 0.0607 e. The predicted molar refractivity (Wildman–Crippen MR) is 45.5 cm³/mol. The van der Waals surface area contributed by atoms with Gasteiger partial charge in [0.2, 0.25) is 0 Å². The molecule has 2 rings (SSSR count). The molecular formula is C10H18O. The molecule has 3 unspecified atom stereocenters. The highest BCUT2D eigenvalue weighted by atomic mass is 16.5. The van der Waals surface area contributed by atoms with E-state index >= 15 is 0 Å². The van der Waals surface area contributed by atoms with Crippen molar-refractivity contribution in [1.29, 1.82) is 0 Å². The molecule has 1 nitrogen and oxygen atoms in total. The van der Waals surface area contributed by atoms with Gasteiger partial charge >= 0.3 is 0 Å². The average Bonchev–Trinajstić information content (AvgIpc) is 2.74. The molecule has 1 aliphatic heterocycles. The Bertz CT molecular complexity index is 140. The molecule has 64 valence electrons.